The molecule has 0 aliphatic carbocycles. The molecule has 29 heavy (non-hydrogen) atoms. The average Bonchev–Trinajstić information content (AvgIpc) is 3.17. The van der Waals surface area contributed by atoms with Crippen LogP contribution in [0.1, 0.15) is 19.4 Å². The number of benzene rings is 2. The summed E-state index contributed by atoms with van der Waals surface area (Å²) >= 11 is 2.82. The van der Waals surface area contributed by atoms with E-state index in [0.29, 0.717) is 24.0 Å². The SMILES string of the molecule is CCOc1ccccc1Nc1nnc(SCC(=O)N(CC)c2ccccc2C)s1. The van der Waals surface area contributed by atoms with Gasteiger partial charge in [-0.2, -0.15) is 0 Å². The van der Waals surface area contributed by atoms with E-state index in [1.54, 1.807) is 4.90 Å². The van der Waals surface area contributed by atoms with Crippen molar-refractivity contribution in [1.82, 2.24) is 10.2 Å². The van der Waals surface area contributed by atoms with Gasteiger partial charge in [-0.1, -0.05) is 53.4 Å². The third-order valence-corrected chi connectivity index (χ3v) is 6.13. The summed E-state index contributed by atoms with van der Waals surface area (Å²) in [6.07, 6.45) is 0. The minimum atomic E-state index is 0.0539. The Balaban J connectivity index is 1.62. The maximum absolute atomic E-state index is 12.7. The van der Waals surface area contributed by atoms with Crippen LogP contribution in [-0.2, 0) is 4.79 Å². The second kappa shape index (κ2) is 10.3. The molecule has 0 aliphatic rings. The summed E-state index contributed by atoms with van der Waals surface area (Å²) in [6.45, 7) is 7.16. The van der Waals surface area contributed by atoms with E-state index in [9.17, 15) is 4.79 Å². The van der Waals surface area contributed by atoms with Gasteiger partial charge in [-0.25, -0.2) is 0 Å². The first-order valence-corrected chi connectivity index (χ1v) is 11.2. The maximum Gasteiger partial charge on any atom is 0.237 e. The van der Waals surface area contributed by atoms with Crippen molar-refractivity contribution in [3.63, 3.8) is 0 Å². The summed E-state index contributed by atoms with van der Waals surface area (Å²) in [7, 11) is 0. The summed E-state index contributed by atoms with van der Waals surface area (Å²) in [5.41, 5.74) is 2.88. The number of anilines is 3. The molecule has 0 atom stereocenters. The normalized spacial score (nSPS) is 10.6. The Bertz CT molecular complexity index is 961. The standard InChI is InChI=1S/C21H24N4O2S2/c1-4-25(17-12-8-6-10-15(17)3)19(26)14-28-21-24-23-20(29-21)22-16-11-7-9-13-18(16)27-5-2/h6-13H,4-5,14H2,1-3H3,(H,22,23). The minimum absolute atomic E-state index is 0.0539. The number of carbonyl (C=O) groups is 1. The number of ether oxygens (including phenoxy) is 1. The van der Waals surface area contributed by atoms with Gasteiger partial charge in [0.2, 0.25) is 11.0 Å². The van der Waals surface area contributed by atoms with Gasteiger partial charge < -0.3 is 15.0 Å². The molecule has 0 bridgehead atoms. The molecule has 0 aliphatic heterocycles. The number of aromatic nitrogens is 2. The van der Waals surface area contributed by atoms with Crippen molar-refractivity contribution >= 4 is 45.5 Å². The highest BCUT2D eigenvalue weighted by Crippen LogP contribution is 2.32. The van der Waals surface area contributed by atoms with Crippen LogP contribution < -0.4 is 15.0 Å². The Morgan fingerprint density at radius 2 is 1.90 bits per heavy atom. The number of hydrogen-bond donors (Lipinski definition) is 1. The van der Waals surface area contributed by atoms with E-state index >= 15 is 0 Å². The number of aryl methyl sites for hydroxylation is 1. The predicted octanol–water partition coefficient (Wildman–Crippen LogP) is 5.13. The maximum atomic E-state index is 12.7. The van der Waals surface area contributed by atoms with E-state index in [0.717, 1.165) is 27.0 Å². The number of hydrogen-bond acceptors (Lipinski definition) is 7. The number of carbonyl (C=O) groups excluding carboxylic acids is 1. The van der Waals surface area contributed by atoms with Crippen molar-refractivity contribution in [2.75, 3.05) is 29.1 Å². The number of nitrogens with zero attached hydrogens (tertiary/aromatic N) is 3. The number of amides is 1. The second-order valence-corrected chi connectivity index (χ2v) is 8.34. The van der Waals surface area contributed by atoms with Gasteiger partial charge in [-0.3, -0.25) is 4.79 Å². The summed E-state index contributed by atoms with van der Waals surface area (Å²) in [5.74, 6) is 1.14. The van der Waals surface area contributed by atoms with Crippen LogP contribution in [0.4, 0.5) is 16.5 Å². The topological polar surface area (TPSA) is 67.3 Å². The lowest BCUT2D eigenvalue weighted by atomic mass is 10.2. The molecule has 2 aromatic carbocycles. The zero-order valence-corrected chi connectivity index (χ0v) is 18.3. The first-order chi connectivity index (χ1) is 14.1. The van der Waals surface area contributed by atoms with Gasteiger partial charge in [0.25, 0.3) is 0 Å². The van der Waals surface area contributed by atoms with E-state index in [1.165, 1.54) is 23.1 Å². The molecule has 152 valence electrons. The summed E-state index contributed by atoms with van der Waals surface area (Å²) in [5, 5.41) is 12.3. The van der Waals surface area contributed by atoms with E-state index in [2.05, 4.69) is 15.5 Å². The number of para-hydroxylation sites is 3. The van der Waals surface area contributed by atoms with Gasteiger partial charge in [0.15, 0.2) is 4.34 Å². The van der Waals surface area contributed by atoms with Gasteiger partial charge in [0, 0.05) is 12.2 Å². The molecular formula is C21H24N4O2S2. The lowest BCUT2D eigenvalue weighted by Gasteiger charge is -2.22. The molecule has 3 aromatic rings. The molecule has 8 heteroatoms. The van der Waals surface area contributed by atoms with E-state index in [4.69, 9.17) is 4.74 Å². The van der Waals surface area contributed by atoms with Crippen LogP contribution in [0, 0.1) is 6.92 Å². The highest BCUT2D eigenvalue weighted by molar-refractivity contribution is 8.01. The van der Waals surface area contributed by atoms with Gasteiger partial charge in [0.05, 0.1) is 18.0 Å². The van der Waals surface area contributed by atoms with Crippen LogP contribution in [0.2, 0.25) is 0 Å². The Hall–Kier alpha value is -2.58. The third-order valence-electron chi connectivity index (χ3n) is 4.18. The summed E-state index contributed by atoms with van der Waals surface area (Å²) < 4.78 is 6.37. The van der Waals surface area contributed by atoms with Crippen molar-refractivity contribution in [2.24, 2.45) is 0 Å². The fourth-order valence-corrected chi connectivity index (χ4v) is 4.47. The smallest absolute Gasteiger partial charge is 0.237 e. The van der Waals surface area contributed by atoms with Crippen molar-refractivity contribution in [1.29, 1.82) is 0 Å². The molecule has 0 unspecified atom stereocenters. The minimum Gasteiger partial charge on any atom is -0.492 e. The zero-order valence-electron chi connectivity index (χ0n) is 16.7. The van der Waals surface area contributed by atoms with Crippen molar-refractivity contribution < 1.29 is 9.53 Å². The quantitative estimate of drug-likeness (QED) is 0.476. The second-order valence-electron chi connectivity index (χ2n) is 6.14. The van der Waals surface area contributed by atoms with Gasteiger partial charge in [-0.15, -0.1) is 10.2 Å². The lowest BCUT2D eigenvalue weighted by molar-refractivity contribution is -0.116. The summed E-state index contributed by atoms with van der Waals surface area (Å²) in [4.78, 5) is 14.6. The largest absolute Gasteiger partial charge is 0.492 e. The molecule has 6 nitrogen and oxygen atoms in total. The zero-order chi connectivity index (χ0) is 20.6. The van der Waals surface area contributed by atoms with Gasteiger partial charge in [0.1, 0.15) is 5.75 Å². The molecule has 0 spiro atoms. The van der Waals surface area contributed by atoms with Gasteiger partial charge in [-0.05, 0) is 44.5 Å². The van der Waals surface area contributed by atoms with Crippen LogP contribution in [0.3, 0.4) is 0 Å². The van der Waals surface area contributed by atoms with Crippen molar-refractivity contribution in [3.8, 4) is 5.75 Å². The van der Waals surface area contributed by atoms with E-state index in [-0.39, 0.29) is 5.91 Å². The average molecular weight is 429 g/mol. The number of thioether (sulfide) groups is 1. The Labute approximate surface area is 179 Å². The molecule has 1 amide bonds. The molecule has 0 saturated carbocycles. The predicted molar refractivity (Wildman–Crippen MR) is 121 cm³/mol. The van der Waals surface area contributed by atoms with Crippen molar-refractivity contribution in [3.05, 3.63) is 54.1 Å². The van der Waals surface area contributed by atoms with E-state index in [1.807, 2.05) is 69.3 Å². The molecule has 0 radical (unpaired) electrons. The molecule has 1 heterocycles. The first kappa shape index (κ1) is 21.1. The lowest BCUT2D eigenvalue weighted by Crippen LogP contribution is -2.32. The highest BCUT2D eigenvalue weighted by Gasteiger charge is 2.17. The number of rotatable bonds is 9. The third kappa shape index (κ3) is 5.48. The fourth-order valence-electron chi connectivity index (χ4n) is 2.83. The Kier molecular flexibility index (Phi) is 7.48. The van der Waals surface area contributed by atoms with Crippen LogP contribution in [-0.4, -0.2) is 35.0 Å². The van der Waals surface area contributed by atoms with E-state index < -0.39 is 0 Å². The molecule has 0 fully saturated rings. The summed E-state index contributed by atoms with van der Waals surface area (Å²) in [6, 6.07) is 15.6. The molecule has 1 N–H and O–H groups in total. The highest BCUT2D eigenvalue weighted by atomic mass is 32.2. The van der Waals surface area contributed by atoms with Crippen molar-refractivity contribution in [2.45, 2.75) is 25.1 Å². The van der Waals surface area contributed by atoms with Gasteiger partial charge >= 0.3 is 0 Å². The van der Waals surface area contributed by atoms with Crippen LogP contribution in [0.25, 0.3) is 0 Å². The molecule has 3 rings (SSSR count). The van der Waals surface area contributed by atoms with Crippen LogP contribution in [0.5, 0.6) is 5.75 Å². The number of nitrogens with one attached hydrogen (secondary N) is 1. The van der Waals surface area contributed by atoms with Crippen LogP contribution >= 0.6 is 23.1 Å². The molecule has 1 aromatic heterocycles. The first-order valence-electron chi connectivity index (χ1n) is 9.43. The molecular weight excluding hydrogens is 404 g/mol. The molecule has 0 saturated heterocycles. The van der Waals surface area contributed by atoms with Crippen LogP contribution in [0.15, 0.2) is 52.9 Å². The monoisotopic (exact) mass is 428 g/mol. The fraction of sp³-hybridized carbons (Fsp3) is 0.286. The Morgan fingerprint density at radius 1 is 1.14 bits per heavy atom. The Morgan fingerprint density at radius 3 is 2.66 bits per heavy atom.